The second-order valence-corrected chi connectivity index (χ2v) is 7.82. The van der Waals surface area contributed by atoms with E-state index in [1.54, 1.807) is 45.0 Å². The molecule has 0 saturated carbocycles. The van der Waals surface area contributed by atoms with Gasteiger partial charge in [-0.15, -0.1) is 0 Å². The summed E-state index contributed by atoms with van der Waals surface area (Å²) < 4.78 is 0. The largest absolute Gasteiger partial charge is 0.347 e. The molecule has 0 unspecified atom stereocenters. The molecule has 1 rings (SSSR count). The number of rotatable bonds is 2. The number of hydrogen-bond donors (Lipinski definition) is 3. The normalized spacial score (nSPS) is 11.6. The number of benzene rings is 1. The minimum Gasteiger partial charge on any atom is -0.347 e. The fraction of sp³-hybridized carbons (Fsp3) is 0.471. The highest BCUT2D eigenvalue weighted by Crippen LogP contribution is 2.17. The molecule has 1 aromatic rings. The van der Waals surface area contributed by atoms with Gasteiger partial charge in [-0.1, -0.05) is 32.9 Å². The molecule has 0 atom stereocenters. The Labute approximate surface area is 143 Å². The average molecular weight is 335 g/mol. The van der Waals surface area contributed by atoms with Crippen molar-refractivity contribution in [3.63, 3.8) is 0 Å². The Balaban J connectivity index is 2.88. The number of para-hydroxylation sites is 1. The lowest BCUT2D eigenvalue weighted by molar-refractivity contribution is -0.126. The Hall–Kier alpha value is -1.95. The van der Waals surface area contributed by atoms with Gasteiger partial charge in [0.25, 0.3) is 5.91 Å². The zero-order valence-electron chi connectivity index (χ0n) is 14.5. The molecule has 3 N–H and O–H groups in total. The first-order valence-electron chi connectivity index (χ1n) is 7.44. The van der Waals surface area contributed by atoms with Crippen LogP contribution in [-0.2, 0) is 4.79 Å². The van der Waals surface area contributed by atoms with Crippen molar-refractivity contribution >= 4 is 34.8 Å². The molecule has 0 aliphatic carbocycles. The Morgan fingerprint density at radius 2 is 1.57 bits per heavy atom. The maximum atomic E-state index is 12.4. The number of anilines is 1. The molecule has 23 heavy (non-hydrogen) atoms. The van der Waals surface area contributed by atoms with E-state index in [4.69, 9.17) is 12.2 Å². The highest BCUT2D eigenvalue weighted by molar-refractivity contribution is 7.80. The van der Waals surface area contributed by atoms with E-state index in [0.29, 0.717) is 11.3 Å². The Bertz CT molecular complexity index is 613. The predicted octanol–water partition coefficient (Wildman–Crippen LogP) is 3.07. The van der Waals surface area contributed by atoms with Gasteiger partial charge < -0.3 is 16.0 Å². The van der Waals surface area contributed by atoms with E-state index in [2.05, 4.69) is 16.0 Å². The van der Waals surface area contributed by atoms with E-state index >= 15 is 0 Å². The van der Waals surface area contributed by atoms with Crippen LogP contribution in [0, 0.1) is 5.41 Å². The molecule has 0 aliphatic rings. The van der Waals surface area contributed by atoms with Crippen LogP contribution in [0.3, 0.4) is 0 Å². The fourth-order valence-corrected chi connectivity index (χ4v) is 1.84. The first-order valence-corrected chi connectivity index (χ1v) is 7.85. The van der Waals surface area contributed by atoms with Crippen LogP contribution in [0.5, 0.6) is 0 Å². The SMILES string of the molecule is CC(C)(C)NC(=O)c1ccccc1NC(=S)NC(=O)C(C)(C)C. The fourth-order valence-electron chi connectivity index (χ4n) is 1.64. The van der Waals surface area contributed by atoms with Gasteiger partial charge in [-0.05, 0) is 45.1 Å². The maximum absolute atomic E-state index is 12.4. The Kier molecular flexibility index (Phi) is 5.88. The van der Waals surface area contributed by atoms with Gasteiger partial charge in [-0.3, -0.25) is 9.59 Å². The molecule has 126 valence electrons. The summed E-state index contributed by atoms with van der Waals surface area (Å²) in [4.78, 5) is 24.3. The van der Waals surface area contributed by atoms with Crippen molar-refractivity contribution < 1.29 is 9.59 Å². The molecule has 0 aliphatic heterocycles. The average Bonchev–Trinajstić information content (AvgIpc) is 2.35. The van der Waals surface area contributed by atoms with Crippen LogP contribution in [0.25, 0.3) is 0 Å². The van der Waals surface area contributed by atoms with Crippen molar-refractivity contribution in [3.05, 3.63) is 29.8 Å². The highest BCUT2D eigenvalue weighted by atomic mass is 32.1. The van der Waals surface area contributed by atoms with Crippen LogP contribution in [0.4, 0.5) is 5.69 Å². The predicted molar refractivity (Wildman–Crippen MR) is 97.5 cm³/mol. The van der Waals surface area contributed by atoms with Gasteiger partial charge in [0, 0.05) is 11.0 Å². The minimum atomic E-state index is -0.547. The van der Waals surface area contributed by atoms with E-state index in [0.717, 1.165) is 0 Å². The summed E-state index contributed by atoms with van der Waals surface area (Å²) in [5.41, 5.74) is 0.128. The number of carbonyl (C=O) groups excluding carboxylic acids is 2. The third kappa shape index (κ3) is 6.36. The van der Waals surface area contributed by atoms with Crippen molar-refractivity contribution in [2.75, 3.05) is 5.32 Å². The lowest BCUT2D eigenvalue weighted by Crippen LogP contribution is -2.42. The van der Waals surface area contributed by atoms with E-state index in [1.165, 1.54) is 0 Å². The molecule has 0 bridgehead atoms. The quantitative estimate of drug-likeness (QED) is 0.727. The van der Waals surface area contributed by atoms with Crippen LogP contribution in [0.15, 0.2) is 24.3 Å². The molecule has 0 fully saturated rings. The van der Waals surface area contributed by atoms with Crippen LogP contribution in [0.2, 0.25) is 0 Å². The van der Waals surface area contributed by atoms with E-state index in [9.17, 15) is 9.59 Å². The van der Waals surface area contributed by atoms with Crippen LogP contribution in [0.1, 0.15) is 51.9 Å². The standard InChI is InChI=1S/C17H25N3O2S/c1-16(2,3)14(22)19-15(23)18-12-10-8-7-9-11(12)13(21)20-17(4,5)6/h7-10H,1-6H3,(H,20,21)(H2,18,19,22,23). The second-order valence-electron chi connectivity index (χ2n) is 7.41. The summed E-state index contributed by atoms with van der Waals surface area (Å²) in [6, 6.07) is 7.02. The van der Waals surface area contributed by atoms with Crippen LogP contribution in [-0.4, -0.2) is 22.5 Å². The van der Waals surface area contributed by atoms with Gasteiger partial charge in [0.2, 0.25) is 5.91 Å². The first kappa shape index (κ1) is 19.1. The summed E-state index contributed by atoms with van der Waals surface area (Å²) in [5, 5.41) is 8.62. The van der Waals surface area contributed by atoms with E-state index in [-0.39, 0.29) is 22.5 Å². The zero-order chi connectivity index (χ0) is 17.8. The van der Waals surface area contributed by atoms with Crippen molar-refractivity contribution in [2.24, 2.45) is 5.41 Å². The third-order valence-electron chi connectivity index (χ3n) is 2.82. The molecule has 0 aromatic heterocycles. The van der Waals surface area contributed by atoms with E-state index in [1.807, 2.05) is 20.8 Å². The summed E-state index contributed by atoms with van der Waals surface area (Å²) in [6.07, 6.45) is 0. The molecule has 0 spiro atoms. The second kappa shape index (κ2) is 7.08. The van der Waals surface area contributed by atoms with Gasteiger partial charge in [0.1, 0.15) is 0 Å². The van der Waals surface area contributed by atoms with Gasteiger partial charge in [0.15, 0.2) is 5.11 Å². The molecule has 5 nitrogen and oxygen atoms in total. The lowest BCUT2D eigenvalue weighted by Gasteiger charge is -2.22. The first-order chi connectivity index (χ1) is 10.4. The van der Waals surface area contributed by atoms with Gasteiger partial charge in [-0.2, -0.15) is 0 Å². The van der Waals surface area contributed by atoms with Crippen LogP contribution < -0.4 is 16.0 Å². The highest BCUT2D eigenvalue weighted by Gasteiger charge is 2.23. The third-order valence-corrected chi connectivity index (χ3v) is 3.02. The molecule has 1 aromatic carbocycles. The van der Waals surface area contributed by atoms with Gasteiger partial charge in [0.05, 0.1) is 11.3 Å². The zero-order valence-corrected chi connectivity index (χ0v) is 15.4. The molecule has 0 heterocycles. The van der Waals surface area contributed by atoms with Crippen molar-refractivity contribution in [3.8, 4) is 0 Å². The van der Waals surface area contributed by atoms with Gasteiger partial charge in [-0.25, -0.2) is 0 Å². The number of carbonyl (C=O) groups is 2. The number of nitrogens with one attached hydrogen (secondary N) is 3. The summed E-state index contributed by atoms with van der Waals surface area (Å²) in [7, 11) is 0. The number of amides is 2. The van der Waals surface area contributed by atoms with Crippen LogP contribution >= 0.6 is 12.2 Å². The van der Waals surface area contributed by atoms with Gasteiger partial charge >= 0.3 is 0 Å². The molecule has 0 radical (unpaired) electrons. The summed E-state index contributed by atoms with van der Waals surface area (Å²) in [6.45, 7) is 11.1. The molecule has 2 amide bonds. The molecule has 0 saturated heterocycles. The molecular weight excluding hydrogens is 310 g/mol. The number of hydrogen-bond acceptors (Lipinski definition) is 3. The van der Waals surface area contributed by atoms with E-state index < -0.39 is 5.41 Å². The molecule has 6 heteroatoms. The monoisotopic (exact) mass is 335 g/mol. The Morgan fingerprint density at radius 3 is 2.09 bits per heavy atom. The smallest absolute Gasteiger partial charge is 0.253 e. The maximum Gasteiger partial charge on any atom is 0.253 e. The Morgan fingerprint density at radius 1 is 1.00 bits per heavy atom. The van der Waals surface area contributed by atoms with Crippen molar-refractivity contribution in [1.29, 1.82) is 0 Å². The van der Waals surface area contributed by atoms with Crippen molar-refractivity contribution in [2.45, 2.75) is 47.1 Å². The summed E-state index contributed by atoms with van der Waals surface area (Å²) >= 11 is 5.16. The summed E-state index contributed by atoms with van der Waals surface area (Å²) in [5.74, 6) is -0.392. The lowest BCUT2D eigenvalue weighted by atomic mass is 9.96. The minimum absolute atomic E-state index is 0.168. The van der Waals surface area contributed by atoms with Crippen molar-refractivity contribution in [1.82, 2.24) is 10.6 Å². The number of thiocarbonyl (C=S) groups is 1. The topological polar surface area (TPSA) is 70.2 Å². The molecular formula is C17H25N3O2S.